The normalized spacial score (nSPS) is 10.9. The summed E-state index contributed by atoms with van der Waals surface area (Å²) in [6.45, 7) is 4.20. The van der Waals surface area contributed by atoms with Crippen LogP contribution in [0, 0.1) is 0 Å². The molecule has 0 aliphatic carbocycles. The molecule has 2 rings (SSSR count). The number of phenolic OH excluding ortho intramolecular Hbond substituents is 1. The van der Waals surface area contributed by atoms with Crippen LogP contribution in [0.25, 0.3) is 5.69 Å². The molecule has 0 spiro atoms. The summed E-state index contributed by atoms with van der Waals surface area (Å²) in [4.78, 5) is 4.30. The molecule has 0 unspecified atom stereocenters. The van der Waals surface area contributed by atoms with Crippen LogP contribution in [0.5, 0.6) is 5.75 Å². The second-order valence-electron chi connectivity index (χ2n) is 3.83. The second kappa shape index (κ2) is 3.77. The van der Waals surface area contributed by atoms with E-state index in [4.69, 9.17) is 0 Å². The fraction of sp³-hybridized carbons (Fsp3) is 0.250. The van der Waals surface area contributed by atoms with Crippen LogP contribution in [-0.2, 0) is 0 Å². The van der Waals surface area contributed by atoms with Crippen molar-refractivity contribution in [3.8, 4) is 11.4 Å². The predicted octanol–water partition coefficient (Wildman–Crippen LogP) is 2.70. The van der Waals surface area contributed by atoms with E-state index in [-0.39, 0.29) is 5.75 Å². The fourth-order valence-electron chi connectivity index (χ4n) is 1.60. The lowest BCUT2D eigenvalue weighted by molar-refractivity contribution is 0.475. The molecule has 15 heavy (non-hydrogen) atoms. The quantitative estimate of drug-likeness (QED) is 0.813. The van der Waals surface area contributed by atoms with Gasteiger partial charge in [-0.3, -0.25) is 0 Å². The lowest BCUT2D eigenvalue weighted by Gasteiger charge is -2.10. The van der Waals surface area contributed by atoms with E-state index in [0.717, 1.165) is 11.5 Å². The molecular formula is C12H14N2O. The van der Waals surface area contributed by atoms with Gasteiger partial charge in [-0.2, -0.15) is 0 Å². The summed E-state index contributed by atoms with van der Waals surface area (Å²) in [6.07, 6.45) is 3.68. The van der Waals surface area contributed by atoms with Gasteiger partial charge in [0, 0.05) is 24.4 Å². The third-order valence-electron chi connectivity index (χ3n) is 2.29. The average molecular weight is 202 g/mol. The Bertz CT molecular complexity index is 460. The number of imidazole rings is 1. The molecule has 0 aliphatic rings. The topological polar surface area (TPSA) is 38.0 Å². The number of hydrogen-bond acceptors (Lipinski definition) is 2. The summed E-state index contributed by atoms with van der Waals surface area (Å²) in [5.74, 6) is 1.64. The molecule has 3 heteroatoms. The number of benzene rings is 1. The van der Waals surface area contributed by atoms with Gasteiger partial charge in [-0.25, -0.2) is 4.98 Å². The van der Waals surface area contributed by atoms with Crippen LogP contribution < -0.4 is 0 Å². The Morgan fingerprint density at radius 2 is 2.13 bits per heavy atom. The molecule has 78 valence electrons. The van der Waals surface area contributed by atoms with E-state index in [2.05, 4.69) is 18.8 Å². The second-order valence-corrected chi connectivity index (χ2v) is 3.83. The van der Waals surface area contributed by atoms with Gasteiger partial charge in [0.2, 0.25) is 0 Å². The fourth-order valence-corrected chi connectivity index (χ4v) is 1.60. The number of aromatic hydroxyl groups is 1. The van der Waals surface area contributed by atoms with Crippen LogP contribution >= 0.6 is 0 Å². The molecule has 0 radical (unpaired) electrons. The molecule has 0 aliphatic heterocycles. The van der Waals surface area contributed by atoms with Crippen molar-refractivity contribution in [2.24, 2.45) is 0 Å². The maximum atomic E-state index is 9.41. The molecule has 0 saturated heterocycles. The van der Waals surface area contributed by atoms with Gasteiger partial charge in [0.05, 0.1) is 5.69 Å². The summed E-state index contributed by atoms with van der Waals surface area (Å²) < 4.78 is 1.99. The Hall–Kier alpha value is -1.77. The van der Waals surface area contributed by atoms with Crippen molar-refractivity contribution >= 4 is 0 Å². The Morgan fingerprint density at radius 3 is 2.80 bits per heavy atom. The highest BCUT2D eigenvalue weighted by atomic mass is 16.3. The first-order valence-electron chi connectivity index (χ1n) is 5.01. The van der Waals surface area contributed by atoms with Crippen molar-refractivity contribution in [3.05, 3.63) is 42.5 Å². The van der Waals surface area contributed by atoms with Crippen LogP contribution in [0.3, 0.4) is 0 Å². The van der Waals surface area contributed by atoms with E-state index in [0.29, 0.717) is 5.92 Å². The van der Waals surface area contributed by atoms with E-state index in [1.807, 2.05) is 22.9 Å². The van der Waals surface area contributed by atoms with Crippen LogP contribution in [0.4, 0.5) is 0 Å². The van der Waals surface area contributed by atoms with Gasteiger partial charge in [-0.15, -0.1) is 0 Å². The number of hydrogen-bond donors (Lipinski definition) is 1. The molecule has 2 aromatic rings. The molecule has 1 N–H and O–H groups in total. The average Bonchev–Trinajstić information content (AvgIpc) is 2.65. The number of rotatable bonds is 2. The molecule has 0 amide bonds. The highest BCUT2D eigenvalue weighted by Gasteiger charge is 2.08. The number of nitrogens with zero attached hydrogens (tertiary/aromatic N) is 2. The summed E-state index contributed by atoms with van der Waals surface area (Å²) in [5, 5.41) is 9.41. The molecule has 1 aromatic heterocycles. The minimum Gasteiger partial charge on any atom is -0.508 e. The van der Waals surface area contributed by atoms with E-state index in [1.54, 1.807) is 18.3 Å². The largest absolute Gasteiger partial charge is 0.508 e. The Labute approximate surface area is 89.0 Å². The third-order valence-corrected chi connectivity index (χ3v) is 2.29. The Balaban J connectivity index is 2.49. The van der Waals surface area contributed by atoms with E-state index in [1.165, 1.54) is 0 Å². The summed E-state index contributed by atoms with van der Waals surface area (Å²) in [7, 11) is 0. The molecule has 1 heterocycles. The molecule has 1 aromatic carbocycles. The minimum atomic E-state index is 0.274. The van der Waals surface area contributed by atoms with Gasteiger partial charge in [0.15, 0.2) is 0 Å². The zero-order valence-corrected chi connectivity index (χ0v) is 8.88. The molecular weight excluding hydrogens is 188 g/mol. The van der Waals surface area contributed by atoms with Gasteiger partial charge in [-0.1, -0.05) is 19.9 Å². The Morgan fingerprint density at radius 1 is 1.33 bits per heavy atom. The van der Waals surface area contributed by atoms with Gasteiger partial charge < -0.3 is 9.67 Å². The number of aromatic nitrogens is 2. The van der Waals surface area contributed by atoms with Gasteiger partial charge >= 0.3 is 0 Å². The van der Waals surface area contributed by atoms with Crippen LogP contribution in [0.1, 0.15) is 25.6 Å². The van der Waals surface area contributed by atoms with Gasteiger partial charge in [0.1, 0.15) is 11.6 Å². The van der Waals surface area contributed by atoms with Crippen molar-refractivity contribution in [1.29, 1.82) is 0 Å². The predicted molar refractivity (Wildman–Crippen MR) is 59.3 cm³/mol. The van der Waals surface area contributed by atoms with Crippen molar-refractivity contribution in [2.45, 2.75) is 19.8 Å². The molecule has 3 nitrogen and oxygen atoms in total. The molecule has 0 atom stereocenters. The lowest BCUT2D eigenvalue weighted by Crippen LogP contribution is -2.01. The van der Waals surface area contributed by atoms with Crippen LogP contribution in [0.15, 0.2) is 36.7 Å². The first-order valence-corrected chi connectivity index (χ1v) is 5.01. The summed E-state index contributed by atoms with van der Waals surface area (Å²) in [6, 6.07) is 7.17. The van der Waals surface area contributed by atoms with Crippen molar-refractivity contribution in [2.75, 3.05) is 0 Å². The monoisotopic (exact) mass is 202 g/mol. The molecule has 0 saturated carbocycles. The number of phenols is 1. The van der Waals surface area contributed by atoms with Gasteiger partial charge in [-0.05, 0) is 12.1 Å². The molecule has 0 bridgehead atoms. The van der Waals surface area contributed by atoms with Crippen molar-refractivity contribution in [3.63, 3.8) is 0 Å². The lowest BCUT2D eigenvalue weighted by atomic mass is 10.2. The summed E-state index contributed by atoms with van der Waals surface area (Å²) >= 11 is 0. The van der Waals surface area contributed by atoms with Crippen molar-refractivity contribution < 1.29 is 5.11 Å². The van der Waals surface area contributed by atoms with Crippen molar-refractivity contribution in [1.82, 2.24) is 9.55 Å². The zero-order valence-electron chi connectivity index (χ0n) is 8.88. The maximum absolute atomic E-state index is 9.41. The minimum absolute atomic E-state index is 0.274. The zero-order chi connectivity index (χ0) is 10.8. The highest BCUT2D eigenvalue weighted by Crippen LogP contribution is 2.20. The van der Waals surface area contributed by atoms with E-state index < -0.39 is 0 Å². The third kappa shape index (κ3) is 1.86. The van der Waals surface area contributed by atoms with E-state index in [9.17, 15) is 5.11 Å². The smallest absolute Gasteiger partial charge is 0.117 e. The maximum Gasteiger partial charge on any atom is 0.117 e. The van der Waals surface area contributed by atoms with Crippen LogP contribution in [0.2, 0.25) is 0 Å². The first-order chi connectivity index (χ1) is 7.18. The van der Waals surface area contributed by atoms with Gasteiger partial charge in [0.25, 0.3) is 0 Å². The molecule has 0 fully saturated rings. The van der Waals surface area contributed by atoms with Crippen LogP contribution in [-0.4, -0.2) is 14.7 Å². The summed E-state index contributed by atoms with van der Waals surface area (Å²) in [5.41, 5.74) is 0.941. The standard InChI is InChI=1S/C12H14N2O/c1-9(2)12-13-6-7-14(12)10-4-3-5-11(15)8-10/h3-9,15H,1-2H3. The highest BCUT2D eigenvalue weighted by molar-refractivity contribution is 5.39. The Kier molecular flexibility index (Phi) is 2.46. The first kappa shape index (κ1) is 9.77. The van der Waals surface area contributed by atoms with E-state index >= 15 is 0 Å². The SMILES string of the molecule is CC(C)c1nccn1-c1cccc(O)c1.